The van der Waals surface area contributed by atoms with Gasteiger partial charge in [-0.05, 0) is 13.3 Å². The third-order valence-electron chi connectivity index (χ3n) is 3.20. The van der Waals surface area contributed by atoms with Crippen molar-refractivity contribution in [2.75, 3.05) is 6.54 Å². The van der Waals surface area contributed by atoms with Gasteiger partial charge in [0.15, 0.2) is 0 Å². The third kappa shape index (κ3) is 11.7. The van der Waals surface area contributed by atoms with Gasteiger partial charge in [0.1, 0.15) is 0 Å². The highest BCUT2D eigenvalue weighted by molar-refractivity contribution is 5.91. The van der Waals surface area contributed by atoms with Crippen LogP contribution in [0, 0.1) is 0 Å². The molecule has 18 heavy (non-hydrogen) atoms. The molecular weight excluding hydrogens is 222 g/mol. The van der Waals surface area contributed by atoms with Gasteiger partial charge in [-0.1, -0.05) is 71.3 Å². The van der Waals surface area contributed by atoms with Crippen LogP contribution in [-0.4, -0.2) is 12.5 Å². The van der Waals surface area contributed by atoms with Crippen molar-refractivity contribution in [1.29, 1.82) is 0 Å². The quantitative estimate of drug-likeness (QED) is 0.400. The van der Waals surface area contributed by atoms with E-state index < -0.39 is 0 Å². The SMILES string of the molecule is C=C(C)C(=O)NCCCCCCCCCCCC. The van der Waals surface area contributed by atoms with E-state index in [1.54, 1.807) is 6.92 Å². The maximum absolute atomic E-state index is 11.2. The van der Waals surface area contributed by atoms with Crippen molar-refractivity contribution in [3.05, 3.63) is 12.2 Å². The number of nitrogens with one attached hydrogen (secondary N) is 1. The Labute approximate surface area is 113 Å². The summed E-state index contributed by atoms with van der Waals surface area (Å²) in [6.45, 7) is 8.41. The lowest BCUT2D eigenvalue weighted by Gasteiger charge is -2.04. The third-order valence-corrected chi connectivity index (χ3v) is 3.20. The first-order chi connectivity index (χ1) is 8.68. The molecule has 0 aromatic heterocycles. The van der Waals surface area contributed by atoms with E-state index in [4.69, 9.17) is 0 Å². The molecule has 1 amide bonds. The zero-order valence-electron chi connectivity index (χ0n) is 12.4. The van der Waals surface area contributed by atoms with E-state index in [1.165, 1.54) is 57.8 Å². The van der Waals surface area contributed by atoms with Gasteiger partial charge in [-0.25, -0.2) is 0 Å². The summed E-state index contributed by atoms with van der Waals surface area (Å²) in [5.74, 6) is -0.00840. The van der Waals surface area contributed by atoms with Gasteiger partial charge in [0, 0.05) is 12.1 Å². The van der Waals surface area contributed by atoms with Gasteiger partial charge >= 0.3 is 0 Å². The first-order valence-corrected chi connectivity index (χ1v) is 7.62. The molecule has 0 atom stereocenters. The highest BCUT2D eigenvalue weighted by Crippen LogP contribution is 2.10. The van der Waals surface area contributed by atoms with Crippen LogP contribution >= 0.6 is 0 Å². The minimum Gasteiger partial charge on any atom is -0.352 e. The monoisotopic (exact) mass is 253 g/mol. The van der Waals surface area contributed by atoms with Gasteiger partial charge in [0.25, 0.3) is 0 Å². The second-order valence-corrected chi connectivity index (χ2v) is 5.22. The maximum atomic E-state index is 11.2. The first kappa shape index (κ1) is 17.2. The van der Waals surface area contributed by atoms with Crippen LogP contribution in [0.3, 0.4) is 0 Å². The van der Waals surface area contributed by atoms with Crippen molar-refractivity contribution in [3.63, 3.8) is 0 Å². The van der Waals surface area contributed by atoms with Crippen LogP contribution in [0.5, 0.6) is 0 Å². The smallest absolute Gasteiger partial charge is 0.246 e. The molecule has 0 aromatic rings. The van der Waals surface area contributed by atoms with Crippen molar-refractivity contribution in [1.82, 2.24) is 5.32 Å². The Hall–Kier alpha value is -0.790. The summed E-state index contributed by atoms with van der Waals surface area (Å²) < 4.78 is 0. The highest BCUT2D eigenvalue weighted by atomic mass is 16.1. The molecule has 0 radical (unpaired) electrons. The minimum atomic E-state index is -0.00840. The van der Waals surface area contributed by atoms with Gasteiger partial charge in [-0.15, -0.1) is 0 Å². The number of carbonyl (C=O) groups is 1. The molecule has 0 saturated heterocycles. The summed E-state index contributed by atoms with van der Waals surface area (Å²) in [7, 11) is 0. The topological polar surface area (TPSA) is 29.1 Å². The fourth-order valence-electron chi connectivity index (χ4n) is 1.97. The standard InChI is InChI=1S/C16H31NO/c1-4-5-6-7-8-9-10-11-12-13-14-17-16(18)15(2)3/h2,4-14H2,1,3H3,(H,17,18). The predicted molar refractivity (Wildman–Crippen MR) is 79.7 cm³/mol. The average molecular weight is 253 g/mol. The Kier molecular flexibility index (Phi) is 12.1. The van der Waals surface area contributed by atoms with E-state index in [1.807, 2.05) is 0 Å². The molecule has 0 fully saturated rings. The fourth-order valence-corrected chi connectivity index (χ4v) is 1.97. The van der Waals surface area contributed by atoms with Crippen LogP contribution in [0.15, 0.2) is 12.2 Å². The number of unbranched alkanes of at least 4 members (excludes halogenated alkanes) is 9. The molecule has 0 aliphatic carbocycles. The van der Waals surface area contributed by atoms with Crippen molar-refractivity contribution in [2.45, 2.75) is 78.1 Å². The molecule has 0 spiro atoms. The molecule has 0 bridgehead atoms. The summed E-state index contributed by atoms with van der Waals surface area (Å²) in [5.41, 5.74) is 0.599. The molecule has 0 unspecified atom stereocenters. The molecule has 0 aliphatic rings. The lowest BCUT2D eigenvalue weighted by Crippen LogP contribution is -2.24. The summed E-state index contributed by atoms with van der Waals surface area (Å²) in [5, 5.41) is 2.87. The van der Waals surface area contributed by atoms with Gasteiger partial charge < -0.3 is 5.32 Å². The summed E-state index contributed by atoms with van der Waals surface area (Å²) >= 11 is 0. The molecule has 0 aromatic carbocycles. The Bertz CT molecular complexity index is 223. The van der Waals surface area contributed by atoms with Crippen LogP contribution in [0.1, 0.15) is 78.1 Å². The van der Waals surface area contributed by atoms with Crippen LogP contribution in [0.2, 0.25) is 0 Å². The molecule has 106 valence electrons. The number of rotatable bonds is 12. The highest BCUT2D eigenvalue weighted by Gasteiger charge is 1.99. The summed E-state index contributed by atoms with van der Waals surface area (Å²) in [4.78, 5) is 11.2. The molecule has 0 heterocycles. The average Bonchev–Trinajstić information content (AvgIpc) is 2.35. The molecule has 2 nitrogen and oxygen atoms in total. The van der Waals surface area contributed by atoms with Crippen LogP contribution in [0.4, 0.5) is 0 Å². The minimum absolute atomic E-state index is 0.00840. The van der Waals surface area contributed by atoms with E-state index >= 15 is 0 Å². The van der Waals surface area contributed by atoms with Crippen molar-refractivity contribution in [3.8, 4) is 0 Å². The van der Waals surface area contributed by atoms with Crippen LogP contribution < -0.4 is 5.32 Å². The Morgan fingerprint density at radius 1 is 0.889 bits per heavy atom. The lowest BCUT2D eigenvalue weighted by atomic mass is 10.1. The Morgan fingerprint density at radius 2 is 1.33 bits per heavy atom. The van der Waals surface area contributed by atoms with Crippen molar-refractivity contribution in [2.24, 2.45) is 0 Å². The number of amides is 1. The zero-order valence-corrected chi connectivity index (χ0v) is 12.4. The van der Waals surface area contributed by atoms with Crippen molar-refractivity contribution >= 4 is 5.91 Å². The van der Waals surface area contributed by atoms with Gasteiger partial charge in [0.2, 0.25) is 5.91 Å². The van der Waals surface area contributed by atoms with Gasteiger partial charge in [-0.3, -0.25) is 4.79 Å². The van der Waals surface area contributed by atoms with E-state index in [-0.39, 0.29) is 5.91 Å². The van der Waals surface area contributed by atoms with E-state index in [9.17, 15) is 4.79 Å². The van der Waals surface area contributed by atoms with Crippen molar-refractivity contribution < 1.29 is 4.79 Å². The molecular formula is C16H31NO. The number of hydrogen-bond donors (Lipinski definition) is 1. The molecule has 2 heteroatoms. The maximum Gasteiger partial charge on any atom is 0.246 e. The second-order valence-electron chi connectivity index (χ2n) is 5.22. The van der Waals surface area contributed by atoms with Crippen LogP contribution in [-0.2, 0) is 4.79 Å². The van der Waals surface area contributed by atoms with E-state index in [0.717, 1.165) is 13.0 Å². The first-order valence-electron chi connectivity index (χ1n) is 7.62. The largest absolute Gasteiger partial charge is 0.352 e. The normalized spacial score (nSPS) is 10.3. The second kappa shape index (κ2) is 12.7. The van der Waals surface area contributed by atoms with E-state index in [0.29, 0.717) is 5.57 Å². The van der Waals surface area contributed by atoms with Gasteiger partial charge in [0.05, 0.1) is 0 Å². The fraction of sp³-hybridized carbons (Fsp3) is 0.812. The lowest BCUT2D eigenvalue weighted by molar-refractivity contribution is -0.117. The van der Waals surface area contributed by atoms with Gasteiger partial charge in [-0.2, -0.15) is 0 Å². The zero-order chi connectivity index (χ0) is 13.6. The molecule has 1 N–H and O–H groups in total. The summed E-state index contributed by atoms with van der Waals surface area (Å²) in [6, 6.07) is 0. The van der Waals surface area contributed by atoms with Crippen LogP contribution in [0.25, 0.3) is 0 Å². The molecule has 0 aliphatic heterocycles. The predicted octanol–water partition coefficient (Wildman–Crippen LogP) is 4.60. The number of carbonyl (C=O) groups excluding carboxylic acids is 1. The molecule has 0 saturated carbocycles. The summed E-state index contributed by atoms with van der Waals surface area (Å²) in [6.07, 6.45) is 13.3. The van der Waals surface area contributed by atoms with E-state index in [2.05, 4.69) is 18.8 Å². The molecule has 0 rings (SSSR count). The Morgan fingerprint density at radius 3 is 1.78 bits per heavy atom. The number of hydrogen-bond acceptors (Lipinski definition) is 1. The Balaban J connectivity index is 3.07.